The highest BCUT2D eigenvalue weighted by molar-refractivity contribution is 6.04. The van der Waals surface area contributed by atoms with Crippen molar-refractivity contribution < 1.29 is 19.0 Å². The standard InChI is InChI=1S/C24H29NO4/c1-24(2)28-17-22(29-24)23(25(3)16-18-11-7-5-8-12-18)21(27-4)15-20(26)19-13-9-6-10-14-19/h5-15,22-23H,16-17H2,1-4H3/b21-15+/t22-,23?/m1/s1. The number of methoxy groups -OCH3 is 1. The van der Waals surface area contributed by atoms with Crippen LogP contribution in [0.25, 0.3) is 0 Å². The van der Waals surface area contributed by atoms with E-state index in [1.807, 2.05) is 57.3 Å². The molecule has 1 heterocycles. The lowest BCUT2D eigenvalue weighted by molar-refractivity contribution is -0.145. The van der Waals surface area contributed by atoms with Crippen molar-refractivity contribution in [2.45, 2.75) is 38.3 Å². The van der Waals surface area contributed by atoms with Crippen molar-refractivity contribution >= 4 is 5.78 Å². The highest BCUT2D eigenvalue weighted by Gasteiger charge is 2.41. The number of carbonyl (C=O) groups is 1. The van der Waals surface area contributed by atoms with Crippen LogP contribution in [0, 0.1) is 0 Å². The molecule has 1 unspecified atom stereocenters. The van der Waals surface area contributed by atoms with Gasteiger partial charge in [-0.1, -0.05) is 60.7 Å². The van der Waals surface area contributed by atoms with E-state index in [0.717, 1.165) is 0 Å². The van der Waals surface area contributed by atoms with Crippen LogP contribution in [0.4, 0.5) is 0 Å². The molecule has 0 radical (unpaired) electrons. The topological polar surface area (TPSA) is 48.0 Å². The molecule has 0 aromatic heterocycles. The molecule has 1 aliphatic heterocycles. The molecule has 0 bridgehead atoms. The Kier molecular flexibility index (Phi) is 6.85. The van der Waals surface area contributed by atoms with E-state index in [9.17, 15) is 4.79 Å². The predicted molar refractivity (Wildman–Crippen MR) is 112 cm³/mol. The largest absolute Gasteiger partial charge is 0.499 e. The molecule has 3 rings (SSSR count). The maximum Gasteiger partial charge on any atom is 0.189 e. The average molecular weight is 395 g/mol. The van der Waals surface area contributed by atoms with E-state index in [2.05, 4.69) is 17.0 Å². The van der Waals surface area contributed by atoms with Gasteiger partial charge < -0.3 is 14.2 Å². The molecule has 0 N–H and O–H groups in total. The van der Waals surface area contributed by atoms with Gasteiger partial charge in [-0.25, -0.2) is 0 Å². The SMILES string of the molecule is CO/C(=C/C(=O)c1ccccc1)C([C@H]1COC(C)(C)O1)N(C)Cc1ccccc1. The van der Waals surface area contributed by atoms with Crippen LogP contribution < -0.4 is 0 Å². The van der Waals surface area contributed by atoms with Crippen LogP contribution in [0.1, 0.15) is 29.8 Å². The maximum atomic E-state index is 12.8. The second kappa shape index (κ2) is 9.35. The van der Waals surface area contributed by atoms with E-state index >= 15 is 0 Å². The highest BCUT2D eigenvalue weighted by atomic mass is 16.7. The molecule has 5 heteroatoms. The Morgan fingerprint density at radius 3 is 2.34 bits per heavy atom. The molecule has 0 saturated carbocycles. The fourth-order valence-electron chi connectivity index (χ4n) is 3.61. The Hall–Kier alpha value is -2.47. The number of nitrogens with zero attached hydrogens (tertiary/aromatic N) is 1. The van der Waals surface area contributed by atoms with E-state index < -0.39 is 5.79 Å². The van der Waals surface area contributed by atoms with E-state index in [1.54, 1.807) is 25.3 Å². The number of hydrogen-bond donors (Lipinski definition) is 0. The van der Waals surface area contributed by atoms with Crippen molar-refractivity contribution in [3.63, 3.8) is 0 Å². The molecule has 154 valence electrons. The molecule has 2 aromatic rings. The summed E-state index contributed by atoms with van der Waals surface area (Å²) < 4.78 is 17.7. The summed E-state index contributed by atoms with van der Waals surface area (Å²) in [7, 11) is 3.60. The summed E-state index contributed by atoms with van der Waals surface area (Å²) in [5.74, 6) is -0.207. The van der Waals surface area contributed by atoms with Gasteiger partial charge in [-0.3, -0.25) is 9.69 Å². The zero-order valence-electron chi connectivity index (χ0n) is 17.5. The molecule has 1 aliphatic rings. The molecule has 29 heavy (non-hydrogen) atoms. The van der Waals surface area contributed by atoms with Gasteiger partial charge in [0.05, 0.1) is 19.8 Å². The zero-order valence-corrected chi connectivity index (χ0v) is 17.5. The molecule has 2 atom stereocenters. The second-order valence-corrected chi connectivity index (χ2v) is 7.69. The predicted octanol–water partition coefficient (Wildman–Crippen LogP) is 4.05. The first-order chi connectivity index (χ1) is 13.9. The zero-order chi connectivity index (χ0) is 20.9. The van der Waals surface area contributed by atoms with Crippen molar-refractivity contribution in [1.29, 1.82) is 0 Å². The minimum absolute atomic E-state index is 0.0984. The first-order valence-corrected chi connectivity index (χ1v) is 9.80. The van der Waals surface area contributed by atoms with Crippen molar-refractivity contribution in [2.75, 3.05) is 20.8 Å². The third kappa shape index (κ3) is 5.54. The van der Waals surface area contributed by atoms with Crippen molar-refractivity contribution in [3.05, 3.63) is 83.6 Å². The summed E-state index contributed by atoms with van der Waals surface area (Å²) in [6, 6.07) is 19.1. The normalized spacial score (nSPS) is 19.9. The monoisotopic (exact) mass is 395 g/mol. The van der Waals surface area contributed by atoms with Crippen LogP contribution in [0.15, 0.2) is 72.5 Å². The van der Waals surface area contributed by atoms with Crippen LogP contribution >= 0.6 is 0 Å². The number of ether oxygens (including phenoxy) is 3. The van der Waals surface area contributed by atoms with E-state index in [1.165, 1.54) is 5.56 Å². The number of rotatable bonds is 8. The number of hydrogen-bond acceptors (Lipinski definition) is 5. The van der Waals surface area contributed by atoms with Crippen LogP contribution in [0.3, 0.4) is 0 Å². The molecule has 0 spiro atoms. The van der Waals surface area contributed by atoms with Gasteiger partial charge in [-0.2, -0.15) is 0 Å². The Labute approximate surface area is 172 Å². The lowest BCUT2D eigenvalue weighted by Crippen LogP contribution is -2.45. The molecular weight excluding hydrogens is 366 g/mol. The summed E-state index contributed by atoms with van der Waals surface area (Å²) in [5.41, 5.74) is 1.79. The van der Waals surface area contributed by atoms with Crippen LogP contribution in [-0.2, 0) is 20.8 Å². The second-order valence-electron chi connectivity index (χ2n) is 7.69. The van der Waals surface area contributed by atoms with E-state index in [4.69, 9.17) is 14.2 Å². The number of ketones is 1. The van der Waals surface area contributed by atoms with Crippen molar-refractivity contribution in [3.8, 4) is 0 Å². The minimum Gasteiger partial charge on any atom is -0.499 e. The molecule has 2 aromatic carbocycles. The summed E-state index contributed by atoms with van der Waals surface area (Å²) >= 11 is 0. The number of benzene rings is 2. The Morgan fingerprint density at radius 2 is 1.79 bits per heavy atom. The van der Waals surface area contributed by atoms with E-state index in [-0.39, 0.29) is 17.9 Å². The molecular formula is C24H29NO4. The fourth-order valence-corrected chi connectivity index (χ4v) is 3.61. The van der Waals surface area contributed by atoms with Gasteiger partial charge in [0.15, 0.2) is 11.6 Å². The summed E-state index contributed by atoms with van der Waals surface area (Å²) in [4.78, 5) is 14.9. The van der Waals surface area contributed by atoms with Crippen LogP contribution in [-0.4, -0.2) is 49.4 Å². The Bertz CT molecular complexity index is 832. The first-order valence-electron chi connectivity index (χ1n) is 9.80. The quantitative estimate of drug-likeness (QED) is 0.383. The van der Waals surface area contributed by atoms with Crippen LogP contribution in [0.5, 0.6) is 0 Å². The molecule has 1 fully saturated rings. The Morgan fingerprint density at radius 1 is 1.17 bits per heavy atom. The summed E-state index contributed by atoms with van der Waals surface area (Å²) in [5, 5.41) is 0. The number of likely N-dealkylation sites (N-methyl/N-ethyl adjacent to an activating group) is 1. The number of allylic oxidation sites excluding steroid dienone is 1. The van der Waals surface area contributed by atoms with Gasteiger partial charge in [0.25, 0.3) is 0 Å². The van der Waals surface area contributed by atoms with Gasteiger partial charge in [-0.15, -0.1) is 0 Å². The molecule has 5 nitrogen and oxygen atoms in total. The fraction of sp³-hybridized carbons (Fsp3) is 0.375. The third-order valence-electron chi connectivity index (χ3n) is 4.99. The molecule has 0 amide bonds. The first kappa shape index (κ1) is 21.2. The lowest BCUT2D eigenvalue weighted by atomic mass is 10.0. The number of carbonyl (C=O) groups excluding carboxylic acids is 1. The van der Waals surface area contributed by atoms with Crippen molar-refractivity contribution in [1.82, 2.24) is 4.90 Å². The van der Waals surface area contributed by atoms with Gasteiger partial charge in [0, 0.05) is 18.2 Å². The average Bonchev–Trinajstić information content (AvgIpc) is 3.08. The van der Waals surface area contributed by atoms with Crippen LogP contribution in [0.2, 0.25) is 0 Å². The Balaban J connectivity index is 1.89. The minimum atomic E-state index is -0.668. The van der Waals surface area contributed by atoms with Gasteiger partial charge in [-0.05, 0) is 26.5 Å². The van der Waals surface area contributed by atoms with Crippen molar-refractivity contribution in [2.24, 2.45) is 0 Å². The van der Waals surface area contributed by atoms with Gasteiger partial charge in [0.1, 0.15) is 11.9 Å². The maximum absolute atomic E-state index is 12.8. The molecule has 0 aliphatic carbocycles. The lowest BCUT2D eigenvalue weighted by Gasteiger charge is -2.33. The molecule has 1 saturated heterocycles. The summed E-state index contributed by atoms with van der Waals surface area (Å²) in [6.07, 6.45) is 1.31. The van der Waals surface area contributed by atoms with Gasteiger partial charge in [0.2, 0.25) is 0 Å². The third-order valence-corrected chi connectivity index (χ3v) is 4.99. The highest BCUT2D eigenvalue weighted by Crippen LogP contribution is 2.30. The summed E-state index contributed by atoms with van der Waals surface area (Å²) in [6.45, 7) is 4.90. The smallest absolute Gasteiger partial charge is 0.189 e. The van der Waals surface area contributed by atoms with E-state index in [0.29, 0.717) is 24.5 Å². The van der Waals surface area contributed by atoms with Gasteiger partial charge >= 0.3 is 0 Å².